The summed E-state index contributed by atoms with van der Waals surface area (Å²) >= 11 is 0. The highest BCUT2D eigenvalue weighted by molar-refractivity contribution is 5.84. The van der Waals surface area contributed by atoms with Crippen molar-refractivity contribution in [1.82, 2.24) is 5.32 Å². The summed E-state index contributed by atoms with van der Waals surface area (Å²) in [6.45, 7) is 1.58. The van der Waals surface area contributed by atoms with Crippen LogP contribution in [0.3, 0.4) is 0 Å². The normalized spacial score (nSPS) is 20.4. The highest BCUT2D eigenvalue weighted by Crippen LogP contribution is 2.30. The maximum absolute atomic E-state index is 12.5. The number of benzene rings is 1. The second kappa shape index (κ2) is 5.08. The minimum atomic E-state index is -4.36. The molecule has 1 aliphatic rings. The first-order valence-electron chi connectivity index (χ1n) is 5.83. The van der Waals surface area contributed by atoms with Crippen LogP contribution in [0.2, 0.25) is 0 Å². The molecule has 2 rings (SSSR count). The number of carbonyl (C=O) groups is 1. The third-order valence-electron chi connectivity index (χ3n) is 3.10. The first-order chi connectivity index (χ1) is 8.89. The topological polar surface area (TPSA) is 58.4 Å². The number of nitrogens with one attached hydrogen (secondary N) is 1. The summed E-state index contributed by atoms with van der Waals surface area (Å²) < 4.78 is 37.4. The van der Waals surface area contributed by atoms with Gasteiger partial charge in [0.25, 0.3) is 0 Å². The Morgan fingerprint density at radius 3 is 2.47 bits per heavy atom. The fraction of sp³-hybridized carbons (Fsp3) is 0.417. The van der Waals surface area contributed by atoms with Crippen molar-refractivity contribution in [2.45, 2.75) is 12.2 Å². The van der Waals surface area contributed by atoms with E-state index in [0.717, 1.165) is 12.1 Å². The predicted octanol–water partition coefficient (Wildman–Crippen LogP) is 0.969. The molecule has 0 bridgehead atoms. The Hall–Kier alpha value is -1.76. The number of primary amides is 1. The second-order valence-corrected chi connectivity index (χ2v) is 4.36. The van der Waals surface area contributed by atoms with Crippen molar-refractivity contribution in [2.75, 3.05) is 24.5 Å². The van der Waals surface area contributed by atoms with Crippen molar-refractivity contribution in [3.05, 3.63) is 29.8 Å². The van der Waals surface area contributed by atoms with Gasteiger partial charge in [0, 0.05) is 25.3 Å². The molecule has 4 nitrogen and oxygen atoms in total. The molecule has 1 atom stereocenters. The van der Waals surface area contributed by atoms with Crippen molar-refractivity contribution < 1.29 is 18.0 Å². The maximum atomic E-state index is 12.5. The van der Waals surface area contributed by atoms with Gasteiger partial charge in [0.2, 0.25) is 5.91 Å². The fourth-order valence-corrected chi connectivity index (χ4v) is 2.11. The molecular formula is C12H14F3N3O. The number of halogens is 3. The summed E-state index contributed by atoms with van der Waals surface area (Å²) in [5.74, 6) is -0.493. The summed E-state index contributed by atoms with van der Waals surface area (Å²) in [5.41, 5.74) is 5.15. The van der Waals surface area contributed by atoms with Gasteiger partial charge in [0.05, 0.1) is 5.56 Å². The highest BCUT2D eigenvalue weighted by Gasteiger charge is 2.31. The number of carbonyl (C=O) groups excluding carboxylic acids is 1. The largest absolute Gasteiger partial charge is 0.416 e. The number of amides is 1. The number of alkyl halides is 3. The molecule has 1 aromatic rings. The summed E-state index contributed by atoms with van der Waals surface area (Å²) in [6, 6.07) is 4.21. The fourth-order valence-electron chi connectivity index (χ4n) is 2.11. The van der Waals surface area contributed by atoms with E-state index in [1.54, 1.807) is 4.90 Å². The molecule has 1 aliphatic heterocycles. The van der Waals surface area contributed by atoms with Crippen LogP contribution in [0.4, 0.5) is 18.9 Å². The van der Waals surface area contributed by atoms with Gasteiger partial charge in [-0.2, -0.15) is 13.2 Å². The Morgan fingerprint density at radius 2 is 1.95 bits per heavy atom. The number of hydrogen-bond acceptors (Lipinski definition) is 3. The minimum absolute atomic E-state index is 0.399. The molecule has 7 heteroatoms. The number of nitrogens with zero attached hydrogens (tertiary/aromatic N) is 1. The van der Waals surface area contributed by atoms with Gasteiger partial charge in [-0.3, -0.25) is 4.79 Å². The molecular weight excluding hydrogens is 259 g/mol. The zero-order valence-electron chi connectivity index (χ0n) is 10.1. The van der Waals surface area contributed by atoms with E-state index in [4.69, 9.17) is 5.73 Å². The molecule has 0 saturated carbocycles. The zero-order chi connectivity index (χ0) is 14.0. The van der Waals surface area contributed by atoms with Crippen LogP contribution in [-0.2, 0) is 11.0 Å². The third-order valence-corrected chi connectivity index (χ3v) is 3.10. The lowest BCUT2D eigenvalue weighted by atomic mass is 10.1. The lowest BCUT2D eigenvalue weighted by Crippen LogP contribution is -2.57. The van der Waals surface area contributed by atoms with Gasteiger partial charge in [-0.15, -0.1) is 0 Å². The quantitative estimate of drug-likeness (QED) is 0.844. The Morgan fingerprint density at radius 1 is 1.32 bits per heavy atom. The molecule has 0 radical (unpaired) electrons. The van der Waals surface area contributed by atoms with E-state index in [9.17, 15) is 18.0 Å². The summed E-state index contributed by atoms with van der Waals surface area (Å²) in [4.78, 5) is 13.0. The lowest BCUT2D eigenvalue weighted by Gasteiger charge is -2.36. The van der Waals surface area contributed by atoms with Gasteiger partial charge in [-0.1, -0.05) is 0 Å². The van der Waals surface area contributed by atoms with Gasteiger partial charge in [0.1, 0.15) is 6.04 Å². The van der Waals surface area contributed by atoms with E-state index in [-0.39, 0.29) is 0 Å². The van der Waals surface area contributed by atoms with E-state index >= 15 is 0 Å². The molecule has 1 saturated heterocycles. The van der Waals surface area contributed by atoms with E-state index in [1.807, 2.05) is 0 Å². The van der Waals surface area contributed by atoms with Gasteiger partial charge in [0.15, 0.2) is 0 Å². The molecule has 0 spiro atoms. The highest BCUT2D eigenvalue weighted by atomic mass is 19.4. The van der Waals surface area contributed by atoms with Crippen LogP contribution >= 0.6 is 0 Å². The maximum Gasteiger partial charge on any atom is 0.416 e. The molecule has 1 fully saturated rings. The first kappa shape index (κ1) is 13.7. The van der Waals surface area contributed by atoms with Crippen LogP contribution in [0.15, 0.2) is 24.3 Å². The Bertz CT molecular complexity index is 458. The number of nitrogens with two attached hydrogens (primary N) is 1. The summed E-state index contributed by atoms with van der Waals surface area (Å²) in [5, 5.41) is 3.03. The van der Waals surface area contributed by atoms with Crippen LogP contribution in [-0.4, -0.2) is 31.6 Å². The lowest BCUT2D eigenvalue weighted by molar-refractivity contribution is -0.137. The Balaban J connectivity index is 2.23. The van der Waals surface area contributed by atoms with Crippen LogP contribution in [0, 0.1) is 0 Å². The molecule has 104 valence electrons. The number of anilines is 1. The first-order valence-corrected chi connectivity index (χ1v) is 5.83. The van der Waals surface area contributed by atoms with Crippen LogP contribution < -0.4 is 16.0 Å². The zero-order valence-corrected chi connectivity index (χ0v) is 10.1. The molecule has 3 N–H and O–H groups in total. The van der Waals surface area contributed by atoms with E-state index in [2.05, 4.69) is 5.32 Å². The molecule has 0 aromatic heterocycles. The van der Waals surface area contributed by atoms with Crippen molar-refractivity contribution in [2.24, 2.45) is 5.73 Å². The van der Waals surface area contributed by atoms with Gasteiger partial charge in [-0.25, -0.2) is 0 Å². The van der Waals surface area contributed by atoms with Crippen molar-refractivity contribution >= 4 is 11.6 Å². The third kappa shape index (κ3) is 2.98. The molecule has 0 aliphatic carbocycles. The van der Waals surface area contributed by atoms with E-state index in [0.29, 0.717) is 25.3 Å². The van der Waals surface area contributed by atoms with Gasteiger partial charge < -0.3 is 16.0 Å². The smallest absolute Gasteiger partial charge is 0.368 e. The van der Waals surface area contributed by atoms with Crippen LogP contribution in [0.5, 0.6) is 0 Å². The molecule has 19 heavy (non-hydrogen) atoms. The van der Waals surface area contributed by atoms with Crippen LogP contribution in [0.25, 0.3) is 0 Å². The molecule has 1 aromatic carbocycles. The van der Waals surface area contributed by atoms with E-state index in [1.165, 1.54) is 12.1 Å². The average Bonchev–Trinajstić information content (AvgIpc) is 2.38. The second-order valence-electron chi connectivity index (χ2n) is 4.36. The van der Waals surface area contributed by atoms with Gasteiger partial charge in [-0.05, 0) is 24.3 Å². The van der Waals surface area contributed by atoms with E-state index < -0.39 is 23.7 Å². The minimum Gasteiger partial charge on any atom is -0.368 e. The van der Waals surface area contributed by atoms with Gasteiger partial charge >= 0.3 is 6.18 Å². The predicted molar refractivity (Wildman–Crippen MR) is 64.6 cm³/mol. The van der Waals surface area contributed by atoms with Crippen molar-refractivity contribution in [3.8, 4) is 0 Å². The Labute approximate surface area is 108 Å². The van der Waals surface area contributed by atoms with Crippen molar-refractivity contribution in [1.29, 1.82) is 0 Å². The molecule has 1 heterocycles. The number of rotatable bonds is 2. The number of hydrogen-bond donors (Lipinski definition) is 2. The monoisotopic (exact) mass is 273 g/mol. The van der Waals surface area contributed by atoms with Crippen LogP contribution in [0.1, 0.15) is 5.56 Å². The summed E-state index contributed by atoms with van der Waals surface area (Å²) in [6.07, 6.45) is -4.36. The molecule has 1 amide bonds. The standard InChI is InChI=1S/C12H14F3N3O/c13-12(14,15)8-1-3-9(4-2-8)18-6-5-17-7-10(18)11(16)19/h1-4,10,17H,5-7H2,(H2,16,19). The summed E-state index contributed by atoms with van der Waals surface area (Å²) in [7, 11) is 0. The Kier molecular flexibility index (Phi) is 3.66. The average molecular weight is 273 g/mol. The number of piperazine rings is 1. The SMILES string of the molecule is NC(=O)C1CNCCN1c1ccc(C(F)(F)F)cc1. The van der Waals surface area contributed by atoms with Crippen molar-refractivity contribution in [3.63, 3.8) is 0 Å². The molecule has 1 unspecified atom stereocenters.